The third kappa shape index (κ3) is 6.13. The number of amides is 1. The summed E-state index contributed by atoms with van der Waals surface area (Å²) in [5.41, 5.74) is 0.759. The Kier molecular flexibility index (Phi) is 8.79. The molecule has 0 unspecified atom stereocenters. The second kappa shape index (κ2) is 10.1. The molecule has 1 fully saturated rings. The van der Waals surface area contributed by atoms with E-state index < -0.39 is 0 Å². The summed E-state index contributed by atoms with van der Waals surface area (Å²) in [6, 6.07) is 7.79. The average molecular weight is 346 g/mol. The highest BCUT2D eigenvalue weighted by Crippen LogP contribution is 2.16. The first-order valence-electron chi connectivity index (χ1n) is 7.69. The zero-order chi connectivity index (χ0) is 15.1. The van der Waals surface area contributed by atoms with Crippen LogP contribution in [0.2, 0.25) is 5.02 Å². The van der Waals surface area contributed by atoms with E-state index in [1.165, 1.54) is 0 Å². The highest BCUT2D eigenvalue weighted by molar-refractivity contribution is 6.30. The van der Waals surface area contributed by atoms with E-state index in [1.807, 2.05) is 12.1 Å². The monoisotopic (exact) mass is 345 g/mol. The van der Waals surface area contributed by atoms with Gasteiger partial charge in [-0.3, -0.25) is 9.69 Å². The van der Waals surface area contributed by atoms with Crippen molar-refractivity contribution in [1.29, 1.82) is 0 Å². The molecule has 22 heavy (non-hydrogen) atoms. The van der Waals surface area contributed by atoms with Crippen LogP contribution in [0.15, 0.2) is 24.3 Å². The lowest BCUT2D eigenvalue weighted by atomic mass is 10.0. The molecular weight excluding hydrogens is 321 g/mol. The number of piperidine rings is 1. The molecule has 4 nitrogen and oxygen atoms in total. The second-order valence-corrected chi connectivity index (χ2v) is 5.95. The lowest BCUT2D eigenvalue weighted by molar-refractivity contribution is -0.118. The maximum atomic E-state index is 12.2. The fourth-order valence-electron chi connectivity index (χ4n) is 2.80. The molecule has 6 heteroatoms. The summed E-state index contributed by atoms with van der Waals surface area (Å²) in [4.78, 5) is 14.5. The van der Waals surface area contributed by atoms with E-state index in [2.05, 4.69) is 22.5 Å². The molecule has 0 atom stereocenters. The van der Waals surface area contributed by atoms with Crippen LogP contribution in [0.25, 0.3) is 0 Å². The molecule has 1 amide bonds. The topological polar surface area (TPSA) is 44.4 Å². The van der Waals surface area contributed by atoms with Crippen molar-refractivity contribution in [1.82, 2.24) is 10.2 Å². The van der Waals surface area contributed by atoms with Gasteiger partial charge in [0.1, 0.15) is 0 Å². The predicted octanol–water partition coefficient (Wildman–Crippen LogP) is 3.16. The summed E-state index contributed by atoms with van der Waals surface area (Å²) in [7, 11) is 0. The largest absolute Gasteiger partial charge is 0.325 e. The number of halogens is 2. The third-order valence-corrected chi connectivity index (χ3v) is 4.03. The molecule has 1 heterocycles. The maximum absolute atomic E-state index is 12.2. The van der Waals surface area contributed by atoms with Crippen LogP contribution in [0.5, 0.6) is 0 Å². The fraction of sp³-hybridized carbons (Fsp3) is 0.562. The molecule has 1 aliphatic heterocycles. The van der Waals surface area contributed by atoms with Crippen LogP contribution in [-0.4, -0.2) is 43.0 Å². The van der Waals surface area contributed by atoms with Crippen LogP contribution < -0.4 is 10.6 Å². The van der Waals surface area contributed by atoms with Crippen molar-refractivity contribution in [2.24, 2.45) is 0 Å². The molecule has 1 saturated heterocycles. The molecule has 1 aromatic carbocycles. The van der Waals surface area contributed by atoms with Crippen LogP contribution in [0.1, 0.15) is 26.2 Å². The van der Waals surface area contributed by atoms with Gasteiger partial charge in [-0.25, -0.2) is 0 Å². The number of anilines is 1. The summed E-state index contributed by atoms with van der Waals surface area (Å²) in [5.74, 6) is 0.0317. The minimum Gasteiger partial charge on any atom is -0.325 e. The van der Waals surface area contributed by atoms with Crippen molar-refractivity contribution in [2.75, 3.05) is 31.5 Å². The Morgan fingerprint density at radius 1 is 1.41 bits per heavy atom. The van der Waals surface area contributed by atoms with E-state index in [4.69, 9.17) is 11.6 Å². The van der Waals surface area contributed by atoms with Crippen molar-refractivity contribution < 1.29 is 4.79 Å². The summed E-state index contributed by atoms with van der Waals surface area (Å²) in [6.07, 6.45) is 3.29. The SMILES string of the molecule is CCCN(CC(=O)Nc1cccc(Cl)c1)C1CCNCC1.Cl. The Hall–Kier alpha value is -0.810. The number of hydrogen-bond donors (Lipinski definition) is 2. The molecule has 0 spiro atoms. The highest BCUT2D eigenvalue weighted by atomic mass is 35.5. The van der Waals surface area contributed by atoms with Gasteiger partial charge < -0.3 is 10.6 Å². The number of carbonyl (C=O) groups is 1. The summed E-state index contributed by atoms with van der Waals surface area (Å²) < 4.78 is 0. The van der Waals surface area contributed by atoms with Crippen molar-refractivity contribution in [2.45, 2.75) is 32.2 Å². The Morgan fingerprint density at radius 2 is 2.14 bits per heavy atom. The molecule has 0 saturated carbocycles. The molecule has 0 bridgehead atoms. The number of nitrogens with one attached hydrogen (secondary N) is 2. The molecule has 124 valence electrons. The molecule has 0 aliphatic carbocycles. The number of benzene rings is 1. The normalized spacial score (nSPS) is 15.4. The molecule has 0 radical (unpaired) electrons. The lowest BCUT2D eigenvalue weighted by Crippen LogP contribution is -2.46. The number of hydrogen-bond acceptors (Lipinski definition) is 3. The van der Waals surface area contributed by atoms with Crippen LogP contribution in [0.3, 0.4) is 0 Å². The number of rotatable bonds is 6. The predicted molar refractivity (Wildman–Crippen MR) is 95.1 cm³/mol. The first kappa shape index (κ1) is 19.2. The van der Waals surface area contributed by atoms with Crippen molar-refractivity contribution in [3.8, 4) is 0 Å². The van der Waals surface area contributed by atoms with Gasteiger partial charge >= 0.3 is 0 Å². The molecule has 2 N–H and O–H groups in total. The first-order chi connectivity index (χ1) is 10.2. The van der Waals surface area contributed by atoms with E-state index in [9.17, 15) is 4.79 Å². The highest BCUT2D eigenvalue weighted by Gasteiger charge is 2.22. The van der Waals surface area contributed by atoms with Gasteiger partial charge in [-0.15, -0.1) is 12.4 Å². The van der Waals surface area contributed by atoms with Crippen molar-refractivity contribution in [3.05, 3.63) is 29.3 Å². The molecule has 2 rings (SSSR count). The van der Waals surface area contributed by atoms with E-state index in [0.717, 1.165) is 44.6 Å². The molecule has 0 aromatic heterocycles. The smallest absolute Gasteiger partial charge is 0.238 e. The number of nitrogens with zero attached hydrogens (tertiary/aromatic N) is 1. The van der Waals surface area contributed by atoms with Crippen molar-refractivity contribution >= 4 is 35.6 Å². The average Bonchev–Trinajstić information content (AvgIpc) is 2.47. The van der Waals surface area contributed by atoms with E-state index >= 15 is 0 Å². The van der Waals surface area contributed by atoms with E-state index in [-0.39, 0.29) is 18.3 Å². The first-order valence-corrected chi connectivity index (χ1v) is 8.07. The van der Waals surface area contributed by atoms with E-state index in [0.29, 0.717) is 17.6 Å². The molecule has 1 aromatic rings. The van der Waals surface area contributed by atoms with Gasteiger partial charge in [0.15, 0.2) is 0 Å². The Balaban J connectivity index is 0.00000242. The van der Waals surface area contributed by atoms with Gasteiger partial charge in [-0.2, -0.15) is 0 Å². The second-order valence-electron chi connectivity index (χ2n) is 5.51. The Bertz CT molecular complexity index is 464. The third-order valence-electron chi connectivity index (χ3n) is 3.79. The van der Waals surface area contributed by atoms with Gasteiger partial charge in [-0.05, 0) is 57.1 Å². The minimum absolute atomic E-state index is 0. The van der Waals surface area contributed by atoms with Crippen LogP contribution in [0, 0.1) is 0 Å². The Morgan fingerprint density at radius 3 is 2.77 bits per heavy atom. The van der Waals surface area contributed by atoms with Gasteiger partial charge in [0.2, 0.25) is 5.91 Å². The fourth-order valence-corrected chi connectivity index (χ4v) is 2.99. The zero-order valence-corrected chi connectivity index (χ0v) is 14.6. The van der Waals surface area contributed by atoms with Crippen LogP contribution >= 0.6 is 24.0 Å². The minimum atomic E-state index is 0. The summed E-state index contributed by atoms with van der Waals surface area (Å²) in [5, 5.41) is 6.93. The van der Waals surface area contributed by atoms with Gasteiger partial charge in [0.25, 0.3) is 0 Å². The van der Waals surface area contributed by atoms with Crippen LogP contribution in [0.4, 0.5) is 5.69 Å². The zero-order valence-electron chi connectivity index (χ0n) is 13.0. The van der Waals surface area contributed by atoms with Gasteiger partial charge in [-0.1, -0.05) is 24.6 Å². The van der Waals surface area contributed by atoms with Crippen LogP contribution in [-0.2, 0) is 4.79 Å². The van der Waals surface area contributed by atoms with Gasteiger partial charge in [0, 0.05) is 16.8 Å². The lowest BCUT2D eigenvalue weighted by Gasteiger charge is -2.34. The quantitative estimate of drug-likeness (QED) is 0.832. The standard InChI is InChI=1S/C16H24ClN3O.ClH/c1-2-10-20(15-6-8-18-9-7-15)12-16(21)19-14-5-3-4-13(17)11-14;/h3-5,11,15,18H,2,6-10,12H2,1H3,(H,19,21);1H. The summed E-state index contributed by atoms with van der Waals surface area (Å²) >= 11 is 5.94. The summed E-state index contributed by atoms with van der Waals surface area (Å²) in [6.45, 7) is 5.66. The van der Waals surface area contributed by atoms with E-state index in [1.54, 1.807) is 12.1 Å². The molecule has 1 aliphatic rings. The van der Waals surface area contributed by atoms with Crippen molar-refractivity contribution in [3.63, 3.8) is 0 Å². The Labute approximate surface area is 144 Å². The number of carbonyl (C=O) groups excluding carboxylic acids is 1. The maximum Gasteiger partial charge on any atom is 0.238 e. The molecular formula is C16H25Cl2N3O. The van der Waals surface area contributed by atoms with Gasteiger partial charge in [0.05, 0.1) is 6.54 Å².